The molecule has 0 aliphatic carbocycles. The van der Waals surface area contributed by atoms with E-state index in [0.29, 0.717) is 49.7 Å². The molecule has 420 valence electrons. The molecule has 10 N–H and O–H groups in total. The summed E-state index contributed by atoms with van der Waals surface area (Å²) < 4.78 is 4.81. The Balaban J connectivity index is 1.02. The number of nitro benzene ring substituents is 1. The van der Waals surface area contributed by atoms with Gasteiger partial charge in [0.25, 0.3) is 5.91 Å². The molecule has 8 atom stereocenters. The van der Waals surface area contributed by atoms with Gasteiger partial charge in [-0.05, 0) is 91.2 Å². The molecule has 0 spiro atoms. The number of H-pyrrole nitrogens is 1. The minimum absolute atomic E-state index is 0.000833. The third-order valence-corrected chi connectivity index (χ3v) is 14.7. The van der Waals surface area contributed by atoms with Crippen LogP contribution in [0.3, 0.4) is 0 Å². The highest BCUT2D eigenvalue weighted by Crippen LogP contribution is 2.31. The number of hydrogen-bond acceptors (Lipinski definition) is 14. The van der Waals surface area contributed by atoms with Crippen LogP contribution in [0, 0.1) is 10.1 Å². The second kappa shape index (κ2) is 26.1. The topological polar surface area (TPSA) is 353 Å². The van der Waals surface area contributed by atoms with Crippen molar-refractivity contribution in [1.29, 1.82) is 0 Å². The largest absolute Gasteiger partial charge is 0.368 e. The number of amides is 8. The van der Waals surface area contributed by atoms with Crippen LogP contribution in [-0.4, -0.2) is 133 Å². The molecular weight excluding hydrogens is 1030 g/mol. The number of primary amides is 1. The fourth-order valence-corrected chi connectivity index (χ4v) is 10.4. The van der Waals surface area contributed by atoms with Crippen molar-refractivity contribution in [2.24, 2.45) is 11.5 Å². The second-order valence-electron chi connectivity index (χ2n) is 20.2. The number of carbonyl (C=O) groups is 8. The lowest BCUT2D eigenvalue weighted by molar-refractivity contribution is -0.383. The van der Waals surface area contributed by atoms with Gasteiger partial charge in [-0.25, -0.2) is 4.63 Å². The quantitative estimate of drug-likeness (QED) is 0.0319. The van der Waals surface area contributed by atoms with Gasteiger partial charge in [-0.3, -0.25) is 48.5 Å². The van der Waals surface area contributed by atoms with Crippen molar-refractivity contribution in [1.82, 2.24) is 51.7 Å². The number of likely N-dealkylation sites (tertiary alicyclic amines) is 2. The van der Waals surface area contributed by atoms with Crippen molar-refractivity contribution < 1.29 is 47.9 Å². The molecule has 80 heavy (non-hydrogen) atoms. The Morgan fingerprint density at radius 3 is 2.10 bits per heavy atom. The molecule has 2 aliphatic rings. The minimum atomic E-state index is -1.41. The summed E-state index contributed by atoms with van der Waals surface area (Å²) in [7, 11) is 0. The summed E-state index contributed by atoms with van der Waals surface area (Å²) in [5, 5.41) is 33.7. The van der Waals surface area contributed by atoms with Gasteiger partial charge in [0.1, 0.15) is 47.8 Å². The van der Waals surface area contributed by atoms with Crippen LogP contribution >= 0.6 is 0 Å². The lowest BCUT2D eigenvalue weighted by Crippen LogP contribution is -2.60. The van der Waals surface area contributed by atoms with E-state index in [1.807, 2.05) is 31.2 Å². The van der Waals surface area contributed by atoms with Crippen LogP contribution in [0.25, 0.3) is 21.9 Å². The summed E-state index contributed by atoms with van der Waals surface area (Å²) in [6, 6.07) is 17.7. The van der Waals surface area contributed by atoms with Crippen LogP contribution in [0.2, 0.25) is 0 Å². The Morgan fingerprint density at radius 2 is 1.39 bits per heavy atom. The average molecular weight is 1100 g/mol. The van der Waals surface area contributed by atoms with Crippen LogP contribution in [-0.2, 0) is 46.4 Å². The molecule has 2 fully saturated rings. The zero-order chi connectivity index (χ0) is 57.0. The summed E-state index contributed by atoms with van der Waals surface area (Å²) in [5.74, 6) is -5.20. The number of rotatable bonds is 24. The summed E-state index contributed by atoms with van der Waals surface area (Å²) >= 11 is 0. The Bertz CT molecular complexity index is 3240. The van der Waals surface area contributed by atoms with E-state index in [9.17, 15) is 43.7 Å². The number of non-ortho nitro benzene ring substituents is 1. The number of nitrogens with two attached hydrogens (primary N) is 2. The summed E-state index contributed by atoms with van der Waals surface area (Å²) in [4.78, 5) is 130. The first-order valence-electron chi connectivity index (χ1n) is 26.7. The third-order valence-electron chi connectivity index (χ3n) is 14.7. The van der Waals surface area contributed by atoms with Crippen LogP contribution < -0.4 is 38.1 Å². The average Bonchev–Trinajstić information content (AvgIpc) is 4.36. The maximum Gasteiger partial charge on any atom is 0.300 e. The van der Waals surface area contributed by atoms with Crippen molar-refractivity contribution in [3.63, 3.8) is 0 Å². The van der Waals surface area contributed by atoms with Gasteiger partial charge in [0.05, 0.1) is 4.92 Å². The van der Waals surface area contributed by atoms with E-state index in [0.717, 1.165) is 17.3 Å². The zero-order valence-electron chi connectivity index (χ0n) is 44.3. The van der Waals surface area contributed by atoms with Crippen molar-refractivity contribution in [3.8, 4) is 0 Å². The lowest BCUT2D eigenvalue weighted by atomic mass is 9.97. The maximum atomic E-state index is 15.0. The molecule has 6 aromatic rings. The molecule has 1 unspecified atom stereocenters. The molecule has 0 bridgehead atoms. The summed E-state index contributed by atoms with van der Waals surface area (Å²) in [6.07, 6.45) is 4.76. The van der Waals surface area contributed by atoms with Crippen molar-refractivity contribution in [2.75, 3.05) is 13.1 Å². The Kier molecular flexibility index (Phi) is 18.6. The van der Waals surface area contributed by atoms with Gasteiger partial charge in [0.15, 0.2) is 0 Å². The SMILES string of the molecule is CCCC[C@H](NC(=O)[C@@H]1CCCN1C(=O)[C@@H]1CCCN1C(=O)[C@H](Cc1ccccc1)NC(=O)[C@H](Cc1c[nH]c2ccccc12)NC(=O)[C@H](C)NC(=O)[C@H](CC(N)c1ccc([N+](=O)[O-])c2nonc12)NC(=O)c1ccccc1)C(N)=O. The van der Waals surface area contributed by atoms with E-state index in [-0.39, 0.29) is 60.2 Å². The predicted molar refractivity (Wildman–Crippen MR) is 291 cm³/mol. The number of carbonyl (C=O) groups excluding carboxylic acids is 8. The molecule has 24 nitrogen and oxygen atoms in total. The highest BCUT2D eigenvalue weighted by molar-refractivity contribution is 6.00. The molecular formula is C56H65N13O11. The summed E-state index contributed by atoms with van der Waals surface area (Å²) in [5.41, 5.74) is 14.2. The zero-order valence-corrected chi connectivity index (χ0v) is 44.3. The van der Waals surface area contributed by atoms with Gasteiger partial charge in [0.2, 0.25) is 46.9 Å². The minimum Gasteiger partial charge on any atom is -0.368 e. The third kappa shape index (κ3) is 13.4. The number of fused-ring (bicyclic) bond motifs is 2. The number of nitrogens with zero attached hydrogens (tertiary/aromatic N) is 5. The van der Waals surface area contributed by atoms with Gasteiger partial charge in [-0.1, -0.05) is 86.5 Å². The van der Waals surface area contributed by atoms with Gasteiger partial charge in [-0.2, -0.15) is 0 Å². The number of unbranched alkanes of at least 4 members (excludes halogenated alkanes) is 1. The fourth-order valence-electron chi connectivity index (χ4n) is 10.4. The molecule has 0 radical (unpaired) electrons. The van der Waals surface area contributed by atoms with Gasteiger partial charge in [0, 0.05) is 66.3 Å². The van der Waals surface area contributed by atoms with E-state index in [1.54, 1.807) is 54.7 Å². The number of hydrogen-bond donors (Lipinski definition) is 8. The Morgan fingerprint density at radius 1 is 0.738 bits per heavy atom. The van der Waals surface area contributed by atoms with E-state index in [2.05, 4.69) is 41.9 Å². The first-order valence-corrected chi connectivity index (χ1v) is 26.7. The van der Waals surface area contributed by atoms with Gasteiger partial charge >= 0.3 is 5.69 Å². The molecule has 4 aromatic carbocycles. The van der Waals surface area contributed by atoms with Crippen LogP contribution in [0.15, 0.2) is 108 Å². The number of benzene rings is 4. The first-order chi connectivity index (χ1) is 38.5. The fraction of sp³-hybridized carbons (Fsp3) is 0.393. The molecule has 8 amide bonds. The van der Waals surface area contributed by atoms with E-state index in [4.69, 9.17) is 16.1 Å². The number of aromatic nitrogens is 3. The number of aromatic amines is 1. The number of nitro groups is 1. The van der Waals surface area contributed by atoms with Gasteiger partial charge in [-0.15, -0.1) is 0 Å². The Labute approximate surface area is 459 Å². The lowest BCUT2D eigenvalue weighted by Gasteiger charge is -2.33. The molecule has 2 saturated heterocycles. The maximum absolute atomic E-state index is 15.0. The normalized spacial score (nSPS) is 17.4. The van der Waals surface area contributed by atoms with Crippen LogP contribution in [0.5, 0.6) is 0 Å². The predicted octanol–water partition coefficient (Wildman–Crippen LogP) is 2.90. The van der Waals surface area contributed by atoms with Crippen molar-refractivity contribution in [2.45, 2.75) is 126 Å². The van der Waals surface area contributed by atoms with Crippen LogP contribution in [0.4, 0.5) is 5.69 Å². The smallest absolute Gasteiger partial charge is 0.300 e. The molecule has 2 aliphatic heterocycles. The number of nitrogens with one attached hydrogen (secondary N) is 6. The standard InChI is InChI=1S/C56H65N13O11/c1-3-4-20-40(49(58)70)61-54(75)45-22-13-26-67(45)56(77)46-23-14-27-68(46)55(76)43(28-33-15-7-5-8-16-33)64-53(74)41(29-35-31-59-39-21-12-11-19-36(35)39)62-50(71)32(2)60-52(73)42(63-51(72)34-17-9-6-10-18-34)30-38(57)37-24-25-44(69(78)79)48-47(37)65-80-66-48/h5-12,15-19,21,24-25,31-32,38,40-43,45-46,59H,3-4,13-14,20,22-23,26-30,57H2,1-2H3,(H2,58,70)(H,60,73)(H,61,75)(H,62,71)(H,63,72)(H,64,74)/t32-,38?,40-,41-,42-,43-,45-,46-/m0/s1. The number of para-hydroxylation sites is 1. The van der Waals surface area contributed by atoms with Crippen molar-refractivity contribution in [3.05, 3.63) is 136 Å². The molecule has 8 rings (SSSR count). The van der Waals surface area contributed by atoms with E-state index in [1.165, 1.54) is 41.0 Å². The first kappa shape index (κ1) is 57.1. The monoisotopic (exact) mass is 1100 g/mol. The molecule has 0 saturated carbocycles. The highest BCUT2D eigenvalue weighted by atomic mass is 16.6. The van der Waals surface area contributed by atoms with E-state index >= 15 is 4.79 Å². The second-order valence-corrected chi connectivity index (χ2v) is 20.2. The molecule has 4 heterocycles. The van der Waals surface area contributed by atoms with Gasteiger partial charge < -0.3 is 52.8 Å². The highest BCUT2D eigenvalue weighted by Gasteiger charge is 2.44. The molecule has 24 heteroatoms. The van der Waals surface area contributed by atoms with E-state index < -0.39 is 101 Å². The van der Waals surface area contributed by atoms with Crippen molar-refractivity contribution >= 4 is 74.9 Å². The molecule has 2 aromatic heterocycles. The Hall–Kier alpha value is -9.06. The van der Waals surface area contributed by atoms with Crippen LogP contribution in [0.1, 0.15) is 98.3 Å². The summed E-state index contributed by atoms with van der Waals surface area (Å²) in [6.45, 7) is 3.78.